The number of pyridine rings is 1. The smallest absolute Gasteiger partial charge is 0.224 e. The minimum absolute atomic E-state index is 0.0581. The average molecular weight is 507 g/mol. The molecule has 4 rings (SSSR count). The third kappa shape index (κ3) is 5.35. The van der Waals surface area contributed by atoms with Gasteiger partial charge in [0.1, 0.15) is 11.5 Å². The van der Waals surface area contributed by atoms with E-state index in [0.717, 1.165) is 29.7 Å². The van der Waals surface area contributed by atoms with Crippen LogP contribution in [-0.4, -0.2) is 33.6 Å². The van der Waals surface area contributed by atoms with Gasteiger partial charge in [0.05, 0.1) is 17.3 Å². The predicted molar refractivity (Wildman–Crippen MR) is 138 cm³/mol. The Balaban J connectivity index is 1.70. The van der Waals surface area contributed by atoms with Crippen molar-refractivity contribution in [3.05, 3.63) is 77.1 Å². The molecule has 0 aliphatic heterocycles. The summed E-state index contributed by atoms with van der Waals surface area (Å²) >= 11 is 0. The highest BCUT2D eigenvalue weighted by Gasteiger charge is 2.26. The molecule has 192 valence electrons. The van der Waals surface area contributed by atoms with Gasteiger partial charge in [-0.3, -0.25) is 14.4 Å². The normalized spacial score (nSPS) is 16.9. The lowest BCUT2D eigenvalue weighted by atomic mass is 9.87. The van der Waals surface area contributed by atoms with Gasteiger partial charge in [0, 0.05) is 48.2 Å². The van der Waals surface area contributed by atoms with Crippen molar-refractivity contribution < 1.29 is 23.2 Å². The molecule has 7 nitrogen and oxygen atoms in total. The summed E-state index contributed by atoms with van der Waals surface area (Å²) in [5.74, 6) is -3.48. The highest BCUT2D eigenvalue weighted by atomic mass is 19.1. The number of aromatic amines is 1. The first kappa shape index (κ1) is 25.9. The van der Waals surface area contributed by atoms with Crippen LogP contribution in [0.2, 0.25) is 0 Å². The summed E-state index contributed by atoms with van der Waals surface area (Å²) in [6.07, 6.45) is 10.4. The lowest BCUT2D eigenvalue weighted by molar-refractivity contribution is -0.119. The van der Waals surface area contributed by atoms with Crippen LogP contribution in [0.3, 0.4) is 0 Å². The molecule has 0 saturated heterocycles. The molecule has 1 aliphatic rings. The van der Waals surface area contributed by atoms with Gasteiger partial charge >= 0.3 is 0 Å². The summed E-state index contributed by atoms with van der Waals surface area (Å²) in [5, 5.41) is 5.73. The van der Waals surface area contributed by atoms with Gasteiger partial charge in [0.25, 0.3) is 0 Å². The van der Waals surface area contributed by atoms with E-state index >= 15 is 4.39 Å². The molecule has 0 bridgehead atoms. The first-order valence-corrected chi connectivity index (χ1v) is 12.2. The molecule has 1 aliphatic carbocycles. The van der Waals surface area contributed by atoms with Crippen molar-refractivity contribution in [2.75, 3.05) is 5.32 Å². The molecule has 0 radical (unpaired) electrons. The van der Waals surface area contributed by atoms with Gasteiger partial charge in [-0.05, 0) is 36.6 Å². The van der Waals surface area contributed by atoms with Crippen LogP contribution in [0.25, 0.3) is 16.6 Å². The Morgan fingerprint density at radius 3 is 2.65 bits per heavy atom. The summed E-state index contributed by atoms with van der Waals surface area (Å²) < 4.78 is 29.9. The van der Waals surface area contributed by atoms with Gasteiger partial charge in [-0.25, -0.2) is 13.8 Å². The maximum atomic E-state index is 15.2. The third-order valence-electron chi connectivity index (χ3n) is 6.36. The van der Waals surface area contributed by atoms with E-state index in [9.17, 15) is 18.8 Å². The van der Waals surface area contributed by atoms with Crippen LogP contribution >= 0.6 is 0 Å². The monoisotopic (exact) mass is 506 g/mol. The van der Waals surface area contributed by atoms with Gasteiger partial charge in [-0.2, -0.15) is 0 Å². The standard InChI is InChI=1S/C28H28F2N4O3/c1-4-6-24(36)34-23-10-8-21(29)25(26(23)30)27(37)20-14-32-28-19(20)12-18(13-31-28)17-7-9-22(33-15(3)35)16(5-2)11-17/h7-14,16,22H,4-6H2,1-3H3,(H,31,32)(H,33,35)(H,34,36). The molecule has 2 aromatic heterocycles. The lowest BCUT2D eigenvalue weighted by Crippen LogP contribution is -2.37. The number of benzene rings is 1. The number of H-pyrrole nitrogens is 1. The molecule has 0 fully saturated rings. The molecule has 2 unspecified atom stereocenters. The Hall–Kier alpha value is -4.14. The van der Waals surface area contributed by atoms with Crippen LogP contribution in [0.15, 0.2) is 48.8 Å². The molecular formula is C28H28F2N4O3. The second-order valence-corrected chi connectivity index (χ2v) is 9.01. The number of allylic oxidation sites excluding steroid dienone is 2. The molecule has 2 amide bonds. The number of amides is 2. The van der Waals surface area contributed by atoms with Gasteiger partial charge in [-0.1, -0.05) is 32.1 Å². The zero-order valence-electron chi connectivity index (χ0n) is 20.8. The number of anilines is 1. The van der Waals surface area contributed by atoms with E-state index < -0.39 is 28.9 Å². The fourth-order valence-electron chi connectivity index (χ4n) is 4.47. The van der Waals surface area contributed by atoms with Crippen LogP contribution in [0.4, 0.5) is 14.5 Å². The summed E-state index contributed by atoms with van der Waals surface area (Å²) in [7, 11) is 0. The topological polar surface area (TPSA) is 104 Å². The Morgan fingerprint density at radius 1 is 1.16 bits per heavy atom. The quantitative estimate of drug-likeness (QED) is 0.361. The minimum atomic E-state index is -1.12. The van der Waals surface area contributed by atoms with Crippen molar-refractivity contribution in [3.63, 3.8) is 0 Å². The van der Waals surface area contributed by atoms with Crippen LogP contribution in [0, 0.1) is 17.6 Å². The van der Waals surface area contributed by atoms with Gasteiger partial charge < -0.3 is 15.6 Å². The number of halogens is 2. The Morgan fingerprint density at radius 2 is 1.95 bits per heavy atom. The molecule has 0 spiro atoms. The summed E-state index contributed by atoms with van der Waals surface area (Å²) in [6, 6.07) is 3.69. The minimum Gasteiger partial charge on any atom is -0.350 e. The SMILES string of the molecule is CCCC(=O)Nc1ccc(F)c(C(=O)c2c[nH]c3ncc(C4=CC(CC)C(NC(C)=O)C=C4)cc23)c1F. The number of fused-ring (bicyclic) bond motifs is 1. The van der Waals surface area contributed by atoms with E-state index in [2.05, 4.69) is 20.6 Å². The highest BCUT2D eigenvalue weighted by Crippen LogP contribution is 2.31. The second kappa shape index (κ2) is 10.9. The number of hydrogen-bond acceptors (Lipinski definition) is 4. The number of aromatic nitrogens is 2. The molecule has 1 aromatic carbocycles. The predicted octanol–water partition coefficient (Wildman–Crippen LogP) is 5.29. The van der Waals surface area contributed by atoms with Gasteiger partial charge in [0.15, 0.2) is 5.82 Å². The van der Waals surface area contributed by atoms with E-state index in [1.165, 1.54) is 13.1 Å². The van der Waals surface area contributed by atoms with Crippen LogP contribution < -0.4 is 10.6 Å². The van der Waals surface area contributed by atoms with Crippen molar-refractivity contribution >= 4 is 39.9 Å². The van der Waals surface area contributed by atoms with E-state index in [0.29, 0.717) is 17.5 Å². The number of nitrogens with one attached hydrogen (secondary N) is 3. The van der Waals surface area contributed by atoms with Crippen molar-refractivity contribution in [3.8, 4) is 0 Å². The summed E-state index contributed by atoms with van der Waals surface area (Å²) in [4.78, 5) is 44.1. The molecule has 9 heteroatoms. The van der Waals surface area contributed by atoms with Crippen molar-refractivity contribution in [1.29, 1.82) is 0 Å². The number of carbonyl (C=O) groups excluding carboxylic acids is 3. The highest BCUT2D eigenvalue weighted by molar-refractivity contribution is 6.17. The molecule has 2 heterocycles. The Labute approximate surface area is 213 Å². The summed E-state index contributed by atoms with van der Waals surface area (Å²) in [5.41, 5.74) is 1.03. The fraction of sp³-hybridized carbons (Fsp3) is 0.286. The maximum absolute atomic E-state index is 15.2. The van der Waals surface area contributed by atoms with Crippen LogP contribution in [0.5, 0.6) is 0 Å². The molecule has 37 heavy (non-hydrogen) atoms. The Bertz CT molecular complexity index is 1440. The lowest BCUT2D eigenvalue weighted by Gasteiger charge is -2.25. The molecule has 3 aromatic rings. The number of nitrogens with zero attached hydrogens (tertiary/aromatic N) is 1. The van der Waals surface area contributed by atoms with E-state index in [-0.39, 0.29) is 35.5 Å². The maximum Gasteiger partial charge on any atom is 0.224 e. The van der Waals surface area contributed by atoms with E-state index in [1.807, 2.05) is 25.2 Å². The zero-order chi connectivity index (χ0) is 26.7. The Kier molecular flexibility index (Phi) is 7.61. The number of hydrogen-bond donors (Lipinski definition) is 3. The first-order chi connectivity index (χ1) is 17.7. The molecular weight excluding hydrogens is 478 g/mol. The van der Waals surface area contributed by atoms with Crippen molar-refractivity contribution in [1.82, 2.24) is 15.3 Å². The van der Waals surface area contributed by atoms with E-state index in [4.69, 9.17) is 0 Å². The van der Waals surface area contributed by atoms with Crippen LogP contribution in [0.1, 0.15) is 61.5 Å². The van der Waals surface area contributed by atoms with Gasteiger partial charge in [0.2, 0.25) is 17.6 Å². The molecule has 3 N–H and O–H groups in total. The van der Waals surface area contributed by atoms with E-state index in [1.54, 1.807) is 19.2 Å². The third-order valence-corrected chi connectivity index (χ3v) is 6.36. The van der Waals surface area contributed by atoms with Gasteiger partial charge in [-0.15, -0.1) is 0 Å². The largest absolute Gasteiger partial charge is 0.350 e. The second-order valence-electron chi connectivity index (χ2n) is 9.01. The summed E-state index contributed by atoms with van der Waals surface area (Å²) in [6.45, 7) is 5.30. The number of rotatable bonds is 8. The fourth-order valence-corrected chi connectivity index (χ4v) is 4.47. The molecule has 0 saturated carbocycles. The van der Waals surface area contributed by atoms with Crippen molar-refractivity contribution in [2.24, 2.45) is 5.92 Å². The number of carbonyl (C=O) groups is 3. The molecule has 2 atom stereocenters. The van der Waals surface area contributed by atoms with Crippen LogP contribution in [-0.2, 0) is 9.59 Å². The average Bonchev–Trinajstić information content (AvgIpc) is 3.29. The zero-order valence-corrected chi connectivity index (χ0v) is 20.8. The first-order valence-electron chi connectivity index (χ1n) is 12.2. The number of ketones is 1. The van der Waals surface area contributed by atoms with Crippen molar-refractivity contribution in [2.45, 2.75) is 46.1 Å².